The molecule has 1 fully saturated rings. The zero-order chi connectivity index (χ0) is 22.5. The molecule has 0 spiro atoms. The number of benzene rings is 2. The van der Waals surface area contributed by atoms with Crippen molar-refractivity contribution in [2.75, 3.05) is 13.1 Å². The zero-order valence-corrected chi connectivity index (χ0v) is 18.6. The monoisotopic (exact) mass is 440 g/mol. The number of rotatable bonds is 7. The summed E-state index contributed by atoms with van der Waals surface area (Å²) in [6.07, 6.45) is 5.80. The van der Waals surface area contributed by atoms with Crippen molar-refractivity contribution < 1.29 is 9.53 Å². The molecule has 0 saturated carbocycles. The van der Waals surface area contributed by atoms with Crippen molar-refractivity contribution in [2.45, 2.75) is 32.0 Å². The van der Waals surface area contributed by atoms with Crippen molar-refractivity contribution in [3.8, 4) is 5.75 Å². The second-order valence-corrected chi connectivity index (χ2v) is 8.49. The third-order valence-electron chi connectivity index (χ3n) is 6.09. The number of imidazole rings is 1. The Morgan fingerprint density at radius 1 is 0.970 bits per heavy atom. The number of aromatic nitrogens is 2. The van der Waals surface area contributed by atoms with Crippen molar-refractivity contribution in [1.29, 1.82) is 0 Å². The molecule has 33 heavy (non-hydrogen) atoms. The fourth-order valence-corrected chi connectivity index (χ4v) is 4.33. The van der Waals surface area contributed by atoms with E-state index in [0.29, 0.717) is 17.9 Å². The number of nitrogens with one attached hydrogen (secondary N) is 1. The molecule has 2 aromatic heterocycles. The topological polar surface area (TPSA) is 58.9 Å². The number of para-hydroxylation sites is 1. The number of nitrogens with zero attached hydrogens (tertiary/aromatic N) is 3. The second-order valence-electron chi connectivity index (χ2n) is 8.49. The van der Waals surface area contributed by atoms with E-state index in [4.69, 9.17) is 4.74 Å². The van der Waals surface area contributed by atoms with Crippen LogP contribution in [0.25, 0.3) is 5.65 Å². The summed E-state index contributed by atoms with van der Waals surface area (Å²) >= 11 is 0. The smallest absolute Gasteiger partial charge is 0.255 e. The minimum Gasteiger partial charge on any atom is -0.486 e. The van der Waals surface area contributed by atoms with Crippen LogP contribution in [0.3, 0.4) is 0 Å². The van der Waals surface area contributed by atoms with Gasteiger partial charge in [-0.15, -0.1) is 0 Å². The number of piperidine rings is 1. The van der Waals surface area contributed by atoms with Gasteiger partial charge in [-0.2, -0.15) is 0 Å². The van der Waals surface area contributed by atoms with Gasteiger partial charge < -0.3 is 14.5 Å². The van der Waals surface area contributed by atoms with E-state index in [0.717, 1.165) is 43.8 Å². The minimum absolute atomic E-state index is 0.0814. The predicted octanol–water partition coefficient (Wildman–Crippen LogP) is 4.31. The summed E-state index contributed by atoms with van der Waals surface area (Å²) in [5, 5.41) is 3.21. The fourth-order valence-electron chi connectivity index (χ4n) is 4.33. The Balaban J connectivity index is 1.16. The highest BCUT2D eigenvalue weighted by molar-refractivity contribution is 5.97. The summed E-state index contributed by atoms with van der Waals surface area (Å²) in [6.45, 7) is 3.23. The number of hydrogen-bond donors (Lipinski definition) is 1. The molecule has 6 nitrogen and oxygen atoms in total. The van der Waals surface area contributed by atoms with E-state index in [-0.39, 0.29) is 11.9 Å². The molecule has 0 atom stereocenters. The highest BCUT2D eigenvalue weighted by atomic mass is 16.5. The number of hydrogen-bond acceptors (Lipinski definition) is 4. The van der Waals surface area contributed by atoms with E-state index >= 15 is 0 Å². The average molecular weight is 441 g/mol. The molecule has 1 saturated heterocycles. The second kappa shape index (κ2) is 9.88. The van der Waals surface area contributed by atoms with E-state index in [1.54, 1.807) is 0 Å². The molecule has 0 radical (unpaired) electrons. The molecule has 3 heterocycles. The summed E-state index contributed by atoms with van der Waals surface area (Å²) < 4.78 is 7.96. The third-order valence-corrected chi connectivity index (χ3v) is 6.09. The predicted molar refractivity (Wildman–Crippen MR) is 128 cm³/mol. The minimum atomic E-state index is -0.0814. The van der Waals surface area contributed by atoms with Gasteiger partial charge in [0.1, 0.15) is 18.0 Å². The Morgan fingerprint density at radius 3 is 2.55 bits per heavy atom. The van der Waals surface area contributed by atoms with Crippen LogP contribution >= 0.6 is 0 Å². The van der Waals surface area contributed by atoms with Gasteiger partial charge in [0.15, 0.2) is 0 Å². The molecule has 1 aliphatic rings. The maximum absolute atomic E-state index is 13.0. The molecule has 0 aliphatic carbocycles. The van der Waals surface area contributed by atoms with Gasteiger partial charge in [0, 0.05) is 38.1 Å². The lowest BCUT2D eigenvalue weighted by molar-refractivity contribution is 0.0904. The van der Waals surface area contributed by atoms with E-state index < -0.39 is 0 Å². The van der Waals surface area contributed by atoms with E-state index in [1.807, 2.05) is 65.3 Å². The molecule has 168 valence electrons. The standard InChI is InChI=1S/C27H28N4O2/c32-27(29-22-13-16-30(17-14-22)18-21-8-2-1-3-9-21)24-10-4-5-11-25(24)33-20-23-19-31-15-7-6-12-26(31)28-23/h1-12,15,19,22H,13-14,16-18,20H2,(H,29,32). The van der Waals surface area contributed by atoms with Crippen molar-refractivity contribution in [3.63, 3.8) is 0 Å². The quantitative estimate of drug-likeness (QED) is 0.465. The van der Waals surface area contributed by atoms with Crippen molar-refractivity contribution in [3.05, 3.63) is 102 Å². The Hall–Kier alpha value is -3.64. The van der Waals surface area contributed by atoms with Gasteiger partial charge in [-0.05, 0) is 42.7 Å². The molecule has 1 amide bonds. The van der Waals surface area contributed by atoms with Crippen molar-refractivity contribution in [2.24, 2.45) is 0 Å². The fraction of sp³-hybridized carbons (Fsp3) is 0.259. The molecule has 0 unspecified atom stereocenters. The number of likely N-dealkylation sites (tertiary alicyclic amines) is 1. The van der Waals surface area contributed by atoms with E-state index in [9.17, 15) is 4.79 Å². The third kappa shape index (κ3) is 5.23. The number of carbonyl (C=O) groups is 1. The maximum atomic E-state index is 13.0. The molecule has 5 rings (SSSR count). The van der Waals surface area contributed by atoms with Crippen LogP contribution in [0.15, 0.2) is 85.2 Å². The maximum Gasteiger partial charge on any atom is 0.255 e. The number of amides is 1. The van der Waals surface area contributed by atoms with Gasteiger partial charge in [-0.3, -0.25) is 9.69 Å². The van der Waals surface area contributed by atoms with Crippen LogP contribution in [0.5, 0.6) is 5.75 Å². The van der Waals surface area contributed by atoms with E-state index in [2.05, 4.69) is 39.5 Å². The lowest BCUT2D eigenvalue weighted by atomic mass is 10.0. The first kappa shape index (κ1) is 21.2. The molecule has 4 aromatic rings. The van der Waals surface area contributed by atoms with Crippen molar-refractivity contribution in [1.82, 2.24) is 19.6 Å². The molecule has 0 bridgehead atoms. The van der Waals surface area contributed by atoms with Gasteiger partial charge in [-0.25, -0.2) is 4.98 Å². The molecule has 6 heteroatoms. The Labute approximate surface area is 193 Å². The summed E-state index contributed by atoms with van der Waals surface area (Å²) in [5.74, 6) is 0.496. The van der Waals surface area contributed by atoms with Gasteiger partial charge >= 0.3 is 0 Å². The van der Waals surface area contributed by atoms with Crippen LogP contribution in [-0.4, -0.2) is 39.3 Å². The molecule has 2 aromatic carbocycles. The summed E-state index contributed by atoms with van der Waals surface area (Å²) in [6, 6.07) is 24.0. The first-order valence-corrected chi connectivity index (χ1v) is 11.5. The number of ether oxygens (including phenoxy) is 1. The van der Waals surface area contributed by atoms with Crippen LogP contribution in [0, 0.1) is 0 Å². The number of pyridine rings is 1. The van der Waals surface area contributed by atoms with Crippen LogP contribution in [0.2, 0.25) is 0 Å². The van der Waals surface area contributed by atoms with Crippen LogP contribution in [-0.2, 0) is 13.2 Å². The lowest BCUT2D eigenvalue weighted by Crippen LogP contribution is -2.44. The lowest BCUT2D eigenvalue weighted by Gasteiger charge is -2.32. The number of fused-ring (bicyclic) bond motifs is 1. The average Bonchev–Trinajstić information content (AvgIpc) is 3.28. The van der Waals surface area contributed by atoms with Crippen LogP contribution in [0.1, 0.15) is 34.5 Å². The first-order chi connectivity index (χ1) is 16.2. The Bertz CT molecular complexity index is 1180. The Morgan fingerprint density at radius 2 is 1.73 bits per heavy atom. The normalized spacial score (nSPS) is 14.9. The first-order valence-electron chi connectivity index (χ1n) is 11.5. The molecule has 1 N–H and O–H groups in total. The van der Waals surface area contributed by atoms with Gasteiger partial charge in [-0.1, -0.05) is 48.5 Å². The van der Waals surface area contributed by atoms with Crippen LogP contribution in [0.4, 0.5) is 0 Å². The van der Waals surface area contributed by atoms with E-state index in [1.165, 1.54) is 5.56 Å². The highest BCUT2D eigenvalue weighted by Crippen LogP contribution is 2.21. The zero-order valence-electron chi connectivity index (χ0n) is 18.6. The SMILES string of the molecule is O=C(NC1CCN(Cc2ccccc2)CC1)c1ccccc1OCc1cn2ccccc2n1. The summed E-state index contributed by atoms with van der Waals surface area (Å²) in [7, 11) is 0. The largest absolute Gasteiger partial charge is 0.486 e. The number of carbonyl (C=O) groups excluding carboxylic acids is 1. The summed E-state index contributed by atoms with van der Waals surface area (Å²) in [4.78, 5) is 20.0. The van der Waals surface area contributed by atoms with Crippen molar-refractivity contribution >= 4 is 11.6 Å². The summed E-state index contributed by atoms with van der Waals surface area (Å²) in [5.41, 5.74) is 3.59. The molecule has 1 aliphatic heterocycles. The van der Waals surface area contributed by atoms with Crippen LogP contribution < -0.4 is 10.1 Å². The van der Waals surface area contributed by atoms with Gasteiger partial charge in [0.25, 0.3) is 5.91 Å². The van der Waals surface area contributed by atoms with Gasteiger partial charge in [0.05, 0.1) is 11.3 Å². The van der Waals surface area contributed by atoms with Gasteiger partial charge in [0.2, 0.25) is 0 Å². The molecular weight excluding hydrogens is 412 g/mol. The molecular formula is C27H28N4O2. The Kier molecular flexibility index (Phi) is 6.35. The highest BCUT2D eigenvalue weighted by Gasteiger charge is 2.22.